The monoisotopic (exact) mass is 312 g/mol. The Bertz CT molecular complexity index is 546. The van der Waals surface area contributed by atoms with Crippen LogP contribution in [0, 0.1) is 0 Å². The lowest BCUT2D eigenvalue weighted by atomic mass is 10.3. The van der Waals surface area contributed by atoms with E-state index < -0.39 is 27.4 Å². The summed E-state index contributed by atoms with van der Waals surface area (Å²) >= 11 is 0. The molecule has 20 heavy (non-hydrogen) atoms. The average Bonchev–Trinajstić information content (AvgIpc) is 2.26. The van der Waals surface area contributed by atoms with Crippen LogP contribution in [0.2, 0.25) is 0 Å². The van der Waals surface area contributed by atoms with Gasteiger partial charge in [0.2, 0.25) is 10.0 Å². The van der Waals surface area contributed by atoms with Crippen LogP contribution in [0.5, 0.6) is 5.75 Å². The Kier molecular flexibility index (Phi) is 5.23. The van der Waals surface area contributed by atoms with Gasteiger partial charge in [-0.25, -0.2) is 8.42 Å². The summed E-state index contributed by atoms with van der Waals surface area (Å²) in [6.45, 7) is 1.70. The first-order chi connectivity index (χ1) is 9.14. The molecule has 0 spiro atoms. The Labute approximate surface area is 115 Å². The Hall–Kier alpha value is -1.48. The molecule has 0 amide bonds. The van der Waals surface area contributed by atoms with Gasteiger partial charge < -0.3 is 10.1 Å². The summed E-state index contributed by atoms with van der Waals surface area (Å²) in [6, 6.07) is 4.66. The third-order valence-corrected chi connectivity index (χ3v) is 4.10. The summed E-state index contributed by atoms with van der Waals surface area (Å²) in [4.78, 5) is 0. The van der Waals surface area contributed by atoms with Gasteiger partial charge in [0, 0.05) is 12.6 Å². The van der Waals surface area contributed by atoms with E-state index in [0.717, 1.165) is 12.1 Å². The highest BCUT2D eigenvalue weighted by molar-refractivity contribution is 7.93. The molecule has 114 valence electrons. The van der Waals surface area contributed by atoms with Crippen molar-refractivity contribution in [3.05, 3.63) is 24.3 Å². The van der Waals surface area contributed by atoms with Crippen LogP contribution in [0.15, 0.2) is 24.3 Å². The van der Waals surface area contributed by atoms with Crippen molar-refractivity contribution in [1.82, 2.24) is 5.32 Å². The number of halogens is 3. The third kappa shape index (κ3) is 5.25. The Morgan fingerprint density at radius 3 is 2.55 bits per heavy atom. The molecule has 0 aliphatic carbocycles. The van der Waals surface area contributed by atoms with Gasteiger partial charge in [-0.05, 0) is 26.1 Å². The lowest BCUT2D eigenvalue weighted by Gasteiger charge is -2.15. The molecule has 0 heterocycles. The Balaban J connectivity index is 2.86. The van der Waals surface area contributed by atoms with Crippen LogP contribution in [0.25, 0.3) is 0 Å². The standard InChI is InChI=1S/C11H15F3N2O3S/c1-8(7-15-2)20(17,18)16-9-4-3-5-10(6-9)19-11(12,13)14/h3-6,8,15-16H,7H2,1-2H3. The molecule has 0 aliphatic heterocycles. The predicted molar refractivity (Wildman–Crippen MR) is 69.1 cm³/mol. The van der Waals surface area contributed by atoms with E-state index in [1.54, 1.807) is 7.05 Å². The fourth-order valence-corrected chi connectivity index (χ4v) is 2.46. The minimum absolute atomic E-state index is 0.00898. The molecule has 0 bridgehead atoms. The Morgan fingerprint density at radius 2 is 2.00 bits per heavy atom. The van der Waals surface area contributed by atoms with Crippen LogP contribution in [0.3, 0.4) is 0 Å². The molecule has 2 N–H and O–H groups in total. The summed E-state index contributed by atoms with van der Waals surface area (Å²) in [5.74, 6) is -0.487. The summed E-state index contributed by atoms with van der Waals surface area (Å²) in [5, 5.41) is 1.97. The predicted octanol–water partition coefficient (Wildman–Crippen LogP) is 1.93. The molecular formula is C11H15F3N2O3S. The van der Waals surface area contributed by atoms with Crippen molar-refractivity contribution in [2.24, 2.45) is 0 Å². The second-order valence-electron chi connectivity index (χ2n) is 4.09. The highest BCUT2D eigenvalue weighted by atomic mass is 32.2. The molecule has 0 saturated carbocycles. The number of benzene rings is 1. The van der Waals surface area contributed by atoms with Crippen molar-refractivity contribution < 1.29 is 26.3 Å². The molecule has 0 saturated heterocycles. The zero-order valence-corrected chi connectivity index (χ0v) is 11.7. The van der Waals surface area contributed by atoms with Crippen molar-refractivity contribution in [2.45, 2.75) is 18.5 Å². The smallest absolute Gasteiger partial charge is 0.406 e. The van der Waals surface area contributed by atoms with Gasteiger partial charge in [-0.2, -0.15) is 0 Å². The van der Waals surface area contributed by atoms with Crippen LogP contribution in [-0.4, -0.2) is 33.6 Å². The van der Waals surface area contributed by atoms with Crippen LogP contribution in [0.1, 0.15) is 6.92 Å². The van der Waals surface area contributed by atoms with E-state index in [1.807, 2.05) is 0 Å². The fraction of sp³-hybridized carbons (Fsp3) is 0.455. The molecule has 9 heteroatoms. The molecule has 1 aromatic rings. The van der Waals surface area contributed by atoms with E-state index in [9.17, 15) is 21.6 Å². The lowest BCUT2D eigenvalue weighted by Crippen LogP contribution is -2.33. The second-order valence-corrected chi connectivity index (χ2v) is 6.19. The van der Waals surface area contributed by atoms with Gasteiger partial charge in [-0.1, -0.05) is 6.07 Å². The largest absolute Gasteiger partial charge is 0.573 e. The molecule has 0 aliphatic rings. The summed E-state index contributed by atoms with van der Waals surface area (Å²) in [6.07, 6.45) is -4.82. The number of hydrogen-bond acceptors (Lipinski definition) is 4. The third-order valence-electron chi connectivity index (χ3n) is 2.35. The van der Waals surface area contributed by atoms with Gasteiger partial charge >= 0.3 is 6.36 Å². The maximum atomic E-state index is 12.1. The maximum absolute atomic E-state index is 12.1. The fourth-order valence-electron chi connectivity index (χ4n) is 1.42. The first-order valence-corrected chi connectivity index (χ1v) is 7.21. The lowest BCUT2D eigenvalue weighted by molar-refractivity contribution is -0.274. The number of ether oxygens (including phenoxy) is 1. The van der Waals surface area contributed by atoms with Crippen molar-refractivity contribution >= 4 is 15.7 Å². The van der Waals surface area contributed by atoms with Crippen LogP contribution in [0.4, 0.5) is 18.9 Å². The molecule has 1 unspecified atom stereocenters. The van der Waals surface area contributed by atoms with E-state index in [0.29, 0.717) is 0 Å². The van der Waals surface area contributed by atoms with E-state index in [2.05, 4.69) is 14.8 Å². The normalized spacial score (nSPS) is 13.8. The van der Waals surface area contributed by atoms with Crippen LogP contribution in [-0.2, 0) is 10.0 Å². The number of hydrogen-bond donors (Lipinski definition) is 2. The molecule has 0 fully saturated rings. The first kappa shape index (κ1) is 16.6. The SMILES string of the molecule is CNCC(C)S(=O)(=O)Nc1cccc(OC(F)(F)F)c1. The number of anilines is 1. The zero-order valence-electron chi connectivity index (χ0n) is 10.9. The van der Waals surface area contributed by atoms with E-state index in [4.69, 9.17) is 0 Å². The van der Waals surface area contributed by atoms with E-state index >= 15 is 0 Å². The molecule has 0 aromatic heterocycles. The molecule has 5 nitrogen and oxygen atoms in total. The van der Waals surface area contributed by atoms with Crippen molar-refractivity contribution in [2.75, 3.05) is 18.3 Å². The van der Waals surface area contributed by atoms with Gasteiger partial charge in [0.15, 0.2) is 0 Å². The summed E-state index contributed by atoms with van der Waals surface area (Å²) < 4.78 is 65.9. The average molecular weight is 312 g/mol. The van der Waals surface area contributed by atoms with Gasteiger partial charge in [0.05, 0.1) is 10.9 Å². The first-order valence-electron chi connectivity index (χ1n) is 5.66. The van der Waals surface area contributed by atoms with Crippen LogP contribution < -0.4 is 14.8 Å². The summed E-state index contributed by atoms with van der Waals surface area (Å²) in [7, 11) is -2.08. The van der Waals surface area contributed by atoms with Gasteiger partial charge in [0.25, 0.3) is 0 Å². The molecule has 1 aromatic carbocycles. The highest BCUT2D eigenvalue weighted by Gasteiger charge is 2.31. The topological polar surface area (TPSA) is 67.4 Å². The zero-order chi connectivity index (χ0) is 15.4. The van der Waals surface area contributed by atoms with Crippen molar-refractivity contribution in [3.63, 3.8) is 0 Å². The Morgan fingerprint density at radius 1 is 1.35 bits per heavy atom. The minimum atomic E-state index is -4.82. The van der Waals surface area contributed by atoms with Crippen molar-refractivity contribution in [1.29, 1.82) is 0 Å². The van der Waals surface area contributed by atoms with E-state index in [-0.39, 0.29) is 12.2 Å². The number of nitrogens with one attached hydrogen (secondary N) is 2. The van der Waals surface area contributed by atoms with Crippen molar-refractivity contribution in [3.8, 4) is 5.75 Å². The number of sulfonamides is 1. The minimum Gasteiger partial charge on any atom is -0.406 e. The molecular weight excluding hydrogens is 297 g/mol. The summed E-state index contributed by atoms with van der Waals surface area (Å²) in [5.41, 5.74) is 0.00898. The van der Waals surface area contributed by atoms with Gasteiger partial charge in [0.1, 0.15) is 5.75 Å². The number of alkyl halides is 3. The highest BCUT2D eigenvalue weighted by Crippen LogP contribution is 2.25. The second kappa shape index (κ2) is 6.31. The van der Waals surface area contributed by atoms with Gasteiger partial charge in [-0.3, -0.25) is 4.72 Å². The maximum Gasteiger partial charge on any atom is 0.573 e. The molecule has 1 rings (SSSR count). The van der Waals surface area contributed by atoms with E-state index in [1.165, 1.54) is 19.1 Å². The van der Waals surface area contributed by atoms with Gasteiger partial charge in [-0.15, -0.1) is 13.2 Å². The molecule has 0 radical (unpaired) electrons. The van der Waals surface area contributed by atoms with Crippen LogP contribution >= 0.6 is 0 Å². The molecule has 1 atom stereocenters. The quantitative estimate of drug-likeness (QED) is 0.842. The number of rotatable bonds is 6.